The van der Waals surface area contributed by atoms with Gasteiger partial charge in [0.15, 0.2) is 0 Å². The van der Waals surface area contributed by atoms with Gasteiger partial charge in [-0.2, -0.15) is 0 Å². The number of carbonyl (C=O) groups is 2. The predicted octanol–water partition coefficient (Wildman–Crippen LogP) is 1.65. The topological polar surface area (TPSA) is 49.4 Å². The number of piperidine rings is 1. The van der Waals surface area contributed by atoms with E-state index in [0.717, 1.165) is 13.1 Å². The van der Waals surface area contributed by atoms with Crippen LogP contribution in [-0.2, 0) is 9.59 Å². The van der Waals surface area contributed by atoms with Crippen molar-refractivity contribution < 1.29 is 9.59 Å². The first-order valence-electron chi connectivity index (χ1n) is 6.95. The van der Waals surface area contributed by atoms with Gasteiger partial charge in [0.25, 0.3) is 0 Å². The molecule has 18 heavy (non-hydrogen) atoms. The van der Waals surface area contributed by atoms with Crippen molar-refractivity contribution in [1.82, 2.24) is 10.2 Å². The number of nitrogens with zero attached hydrogens (tertiary/aromatic N) is 1. The summed E-state index contributed by atoms with van der Waals surface area (Å²) in [6.07, 6.45) is 1.17. The Kier molecular flexibility index (Phi) is 5.63. The lowest BCUT2D eigenvalue weighted by molar-refractivity contribution is -0.138. The lowest BCUT2D eigenvalue weighted by Crippen LogP contribution is -2.46. The van der Waals surface area contributed by atoms with Crippen LogP contribution in [0.5, 0.6) is 0 Å². The summed E-state index contributed by atoms with van der Waals surface area (Å²) in [6.45, 7) is 10.6. The molecule has 0 aromatic rings. The van der Waals surface area contributed by atoms with Gasteiger partial charge >= 0.3 is 0 Å². The van der Waals surface area contributed by atoms with Crippen molar-refractivity contribution in [1.29, 1.82) is 0 Å². The van der Waals surface area contributed by atoms with Crippen LogP contribution in [0.25, 0.3) is 0 Å². The van der Waals surface area contributed by atoms with Crippen LogP contribution in [0.2, 0.25) is 0 Å². The predicted molar refractivity (Wildman–Crippen MR) is 72.0 cm³/mol. The summed E-state index contributed by atoms with van der Waals surface area (Å²) in [5.41, 5.74) is 0. The largest absolute Gasteiger partial charge is 0.355 e. The van der Waals surface area contributed by atoms with Gasteiger partial charge in [-0.05, 0) is 18.3 Å². The molecule has 1 aliphatic heterocycles. The van der Waals surface area contributed by atoms with Gasteiger partial charge in [0.1, 0.15) is 0 Å². The molecule has 0 aromatic heterocycles. The van der Waals surface area contributed by atoms with Gasteiger partial charge in [0, 0.05) is 26.1 Å². The molecule has 0 aromatic carbocycles. The Morgan fingerprint density at radius 1 is 1.28 bits per heavy atom. The number of rotatable bonds is 5. The summed E-state index contributed by atoms with van der Waals surface area (Å²) >= 11 is 0. The molecule has 1 saturated heterocycles. The Morgan fingerprint density at radius 3 is 2.22 bits per heavy atom. The quantitative estimate of drug-likeness (QED) is 0.811. The van der Waals surface area contributed by atoms with E-state index in [1.54, 1.807) is 0 Å². The number of amides is 2. The second-order valence-electron chi connectivity index (χ2n) is 6.07. The van der Waals surface area contributed by atoms with E-state index in [1.165, 1.54) is 0 Å². The van der Waals surface area contributed by atoms with Gasteiger partial charge in [0.2, 0.25) is 11.8 Å². The smallest absolute Gasteiger partial charge is 0.227 e. The van der Waals surface area contributed by atoms with Crippen molar-refractivity contribution >= 4 is 11.8 Å². The molecule has 1 atom stereocenters. The van der Waals surface area contributed by atoms with Crippen molar-refractivity contribution in [3.63, 3.8) is 0 Å². The lowest BCUT2D eigenvalue weighted by atomic mass is 9.96. The molecular formula is C14H26N2O2. The third-order valence-electron chi connectivity index (χ3n) is 3.10. The summed E-state index contributed by atoms with van der Waals surface area (Å²) in [6, 6.07) is 0. The Balaban J connectivity index is 2.60. The second-order valence-corrected chi connectivity index (χ2v) is 6.07. The number of hydrogen-bond acceptors (Lipinski definition) is 2. The standard InChI is InChI=1S/C14H26N2O2/c1-10(2)8-16(9-11(3)4)14(18)12-5-6-13(17)15-7-12/h10-12H,5-9H2,1-4H3,(H,15,17). The van der Waals surface area contributed by atoms with Crippen LogP contribution >= 0.6 is 0 Å². The average molecular weight is 254 g/mol. The summed E-state index contributed by atoms with van der Waals surface area (Å²) in [4.78, 5) is 25.5. The molecule has 0 bridgehead atoms. The van der Waals surface area contributed by atoms with Crippen LogP contribution in [0.1, 0.15) is 40.5 Å². The van der Waals surface area contributed by atoms with Crippen molar-refractivity contribution in [2.75, 3.05) is 19.6 Å². The van der Waals surface area contributed by atoms with Crippen LogP contribution in [-0.4, -0.2) is 36.3 Å². The maximum absolute atomic E-state index is 12.5. The third-order valence-corrected chi connectivity index (χ3v) is 3.10. The normalized spacial score (nSPS) is 20.1. The minimum atomic E-state index is -0.0276. The molecular weight excluding hydrogens is 228 g/mol. The Bertz CT molecular complexity index is 280. The molecule has 2 amide bonds. The van der Waals surface area contributed by atoms with Crippen molar-refractivity contribution in [2.45, 2.75) is 40.5 Å². The Labute approximate surface area is 110 Å². The van der Waals surface area contributed by atoms with E-state index in [0.29, 0.717) is 31.2 Å². The molecule has 1 unspecified atom stereocenters. The highest BCUT2D eigenvalue weighted by molar-refractivity contribution is 5.83. The molecule has 0 spiro atoms. The summed E-state index contributed by atoms with van der Waals surface area (Å²) in [7, 11) is 0. The van der Waals surface area contributed by atoms with Gasteiger partial charge in [0.05, 0.1) is 5.92 Å². The fourth-order valence-corrected chi connectivity index (χ4v) is 2.34. The van der Waals surface area contributed by atoms with E-state index >= 15 is 0 Å². The SMILES string of the molecule is CC(C)CN(CC(C)C)C(=O)C1CCC(=O)NC1. The van der Waals surface area contributed by atoms with Gasteiger partial charge < -0.3 is 10.2 Å². The van der Waals surface area contributed by atoms with E-state index in [9.17, 15) is 9.59 Å². The fourth-order valence-electron chi connectivity index (χ4n) is 2.34. The zero-order valence-electron chi connectivity index (χ0n) is 12.0. The number of nitrogens with one attached hydrogen (secondary N) is 1. The first-order chi connectivity index (χ1) is 8.40. The van der Waals surface area contributed by atoms with Crippen molar-refractivity contribution in [3.8, 4) is 0 Å². The van der Waals surface area contributed by atoms with Crippen LogP contribution < -0.4 is 5.32 Å². The summed E-state index contributed by atoms with van der Waals surface area (Å²) < 4.78 is 0. The Hall–Kier alpha value is -1.06. The highest BCUT2D eigenvalue weighted by Gasteiger charge is 2.28. The third kappa shape index (κ3) is 4.67. The molecule has 104 valence electrons. The molecule has 0 aliphatic carbocycles. The molecule has 1 aliphatic rings. The molecule has 1 N–H and O–H groups in total. The second kappa shape index (κ2) is 6.76. The van der Waals surface area contributed by atoms with Gasteiger partial charge in [-0.25, -0.2) is 0 Å². The van der Waals surface area contributed by atoms with E-state index in [1.807, 2.05) is 4.90 Å². The minimum absolute atomic E-state index is 0.0276. The van der Waals surface area contributed by atoms with Crippen LogP contribution in [0.15, 0.2) is 0 Å². The monoisotopic (exact) mass is 254 g/mol. The number of carbonyl (C=O) groups excluding carboxylic acids is 2. The van der Waals surface area contributed by atoms with E-state index in [-0.39, 0.29) is 17.7 Å². The van der Waals surface area contributed by atoms with Crippen LogP contribution in [0.4, 0.5) is 0 Å². The Morgan fingerprint density at radius 2 is 1.83 bits per heavy atom. The maximum atomic E-state index is 12.5. The molecule has 0 saturated carbocycles. The first-order valence-corrected chi connectivity index (χ1v) is 6.95. The van der Waals surface area contributed by atoms with Gasteiger partial charge in [-0.1, -0.05) is 27.7 Å². The van der Waals surface area contributed by atoms with Crippen LogP contribution in [0.3, 0.4) is 0 Å². The van der Waals surface area contributed by atoms with Crippen molar-refractivity contribution in [2.24, 2.45) is 17.8 Å². The number of hydrogen-bond donors (Lipinski definition) is 1. The maximum Gasteiger partial charge on any atom is 0.227 e. The molecule has 4 heteroatoms. The highest BCUT2D eigenvalue weighted by Crippen LogP contribution is 2.16. The molecule has 1 rings (SSSR count). The zero-order chi connectivity index (χ0) is 13.7. The van der Waals surface area contributed by atoms with Crippen LogP contribution in [0, 0.1) is 17.8 Å². The zero-order valence-corrected chi connectivity index (χ0v) is 12.0. The lowest BCUT2D eigenvalue weighted by Gasteiger charge is -2.31. The van der Waals surface area contributed by atoms with E-state index < -0.39 is 0 Å². The average Bonchev–Trinajstić information content (AvgIpc) is 2.27. The molecule has 0 radical (unpaired) electrons. The molecule has 1 heterocycles. The van der Waals surface area contributed by atoms with E-state index in [2.05, 4.69) is 33.0 Å². The minimum Gasteiger partial charge on any atom is -0.355 e. The first kappa shape index (κ1) is 15.0. The van der Waals surface area contributed by atoms with E-state index in [4.69, 9.17) is 0 Å². The fraction of sp³-hybridized carbons (Fsp3) is 0.857. The van der Waals surface area contributed by atoms with Crippen molar-refractivity contribution in [3.05, 3.63) is 0 Å². The van der Waals surface area contributed by atoms with Gasteiger partial charge in [-0.15, -0.1) is 0 Å². The summed E-state index contributed by atoms with van der Waals surface area (Å²) in [5, 5.41) is 2.79. The molecule has 4 nitrogen and oxygen atoms in total. The highest BCUT2D eigenvalue weighted by atomic mass is 16.2. The summed E-state index contributed by atoms with van der Waals surface area (Å²) in [5.74, 6) is 1.20. The molecule has 1 fully saturated rings. The van der Waals surface area contributed by atoms with Gasteiger partial charge in [-0.3, -0.25) is 9.59 Å².